The number of aromatic nitrogens is 1. The molecule has 0 spiro atoms. The summed E-state index contributed by atoms with van der Waals surface area (Å²) in [5.74, 6) is -0.879. The number of carbonyl (C=O) groups is 1. The number of nitrogen functional groups attached to an aromatic ring is 1. The highest BCUT2D eigenvalue weighted by molar-refractivity contribution is 9.10. The number of nitrogens with zero attached hydrogens (tertiary/aromatic N) is 1. The number of rotatable bonds is 4. The van der Waals surface area contributed by atoms with Crippen molar-refractivity contribution in [2.75, 3.05) is 11.1 Å². The Kier molecular flexibility index (Phi) is 4.44. The fourth-order valence-corrected chi connectivity index (χ4v) is 2.39. The Morgan fingerprint density at radius 2 is 2.25 bits per heavy atom. The van der Waals surface area contributed by atoms with Crippen LogP contribution in [0, 0.1) is 5.82 Å². The number of para-hydroxylation sites is 1. The third-order valence-corrected chi connectivity index (χ3v) is 3.48. The van der Waals surface area contributed by atoms with Crippen molar-refractivity contribution in [3.63, 3.8) is 0 Å². The SMILES string of the molecule is CCCn1cc(N)cc1C(=O)Nc1c(F)cccc1Br. The molecule has 3 N–H and O–H groups in total. The Hall–Kier alpha value is -1.82. The van der Waals surface area contributed by atoms with Crippen molar-refractivity contribution in [2.24, 2.45) is 0 Å². The first-order chi connectivity index (χ1) is 9.52. The summed E-state index contributed by atoms with van der Waals surface area (Å²) in [6, 6.07) is 6.10. The quantitative estimate of drug-likeness (QED) is 0.893. The highest BCUT2D eigenvalue weighted by Gasteiger charge is 2.16. The fourth-order valence-electron chi connectivity index (χ4n) is 1.94. The number of nitrogens with one attached hydrogen (secondary N) is 1. The van der Waals surface area contributed by atoms with Crippen LogP contribution in [-0.4, -0.2) is 10.5 Å². The smallest absolute Gasteiger partial charge is 0.272 e. The van der Waals surface area contributed by atoms with Crippen LogP contribution in [0.5, 0.6) is 0 Å². The first-order valence-corrected chi connectivity index (χ1v) is 7.03. The Balaban J connectivity index is 2.28. The lowest BCUT2D eigenvalue weighted by molar-refractivity contribution is 0.101. The molecule has 0 fully saturated rings. The third kappa shape index (κ3) is 3.01. The zero-order valence-corrected chi connectivity index (χ0v) is 12.6. The number of benzene rings is 1. The van der Waals surface area contributed by atoms with Gasteiger partial charge in [0.1, 0.15) is 11.5 Å². The van der Waals surface area contributed by atoms with Gasteiger partial charge in [-0.25, -0.2) is 4.39 Å². The number of halogens is 2. The van der Waals surface area contributed by atoms with Crippen LogP contribution in [0.1, 0.15) is 23.8 Å². The number of aryl methyl sites for hydroxylation is 1. The maximum Gasteiger partial charge on any atom is 0.272 e. The minimum absolute atomic E-state index is 0.125. The van der Waals surface area contributed by atoms with Gasteiger partial charge in [0.05, 0.1) is 11.4 Å². The molecule has 1 heterocycles. The molecule has 1 aromatic carbocycles. The molecule has 0 saturated carbocycles. The summed E-state index contributed by atoms with van der Waals surface area (Å²) in [5.41, 5.74) is 6.77. The number of hydrogen-bond donors (Lipinski definition) is 2. The van der Waals surface area contributed by atoms with Crippen LogP contribution in [0.15, 0.2) is 34.9 Å². The average Bonchev–Trinajstić information content (AvgIpc) is 2.75. The lowest BCUT2D eigenvalue weighted by Gasteiger charge is -2.10. The van der Waals surface area contributed by atoms with Gasteiger partial charge in [0.25, 0.3) is 5.91 Å². The highest BCUT2D eigenvalue weighted by atomic mass is 79.9. The molecule has 1 amide bonds. The number of anilines is 2. The standard InChI is InChI=1S/C14H15BrFN3O/c1-2-6-19-8-9(17)7-12(19)14(20)18-13-10(15)4-3-5-11(13)16/h3-5,7-8H,2,6,17H2,1H3,(H,18,20). The molecular formula is C14H15BrFN3O. The van der Waals surface area contributed by atoms with Crippen molar-refractivity contribution in [1.82, 2.24) is 4.57 Å². The number of carbonyl (C=O) groups excluding carboxylic acids is 1. The molecule has 4 nitrogen and oxygen atoms in total. The summed E-state index contributed by atoms with van der Waals surface area (Å²) in [6.07, 6.45) is 2.58. The molecular weight excluding hydrogens is 325 g/mol. The average molecular weight is 340 g/mol. The number of amides is 1. The van der Waals surface area contributed by atoms with E-state index in [1.807, 2.05) is 6.92 Å². The first-order valence-electron chi connectivity index (χ1n) is 6.24. The van der Waals surface area contributed by atoms with Gasteiger partial charge >= 0.3 is 0 Å². The Bertz CT molecular complexity index is 619. The van der Waals surface area contributed by atoms with Gasteiger partial charge in [0, 0.05) is 17.2 Å². The fraction of sp³-hybridized carbons (Fsp3) is 0.214. The summed E-state index contributed by atoms with van der Waals surface area (Å²) >= 11 is 3.22. The van der Waals surface area contributed by atoms with Crippen LogP contribution in [-0.2, 0) is 6.54 Å². The number of hydrogen-bond acceptors (Lipinski definition) is 2. The van der Waals surface area contributed by atoms with E-state index in [0.29, 0.717) is 22.4 Å². The second-order valence-electron chi connectivity index (χ2n) is 4.40. The van der Waals surface area contributed by atoms with Crippen LogP contribution in [0.25, 0.3) is 0 Å². The molecule has 0 atom stereocenters. The van der Waals surface area contributed by atoms with Gasteiger partial charge in [-0.2, -0.15) is 0 Å². The zero-order valence-electron chi connectivity index (χ0n) is 11.0. The van der Waals surface area contributed by atoms with Gasteiger partial charge < -0.3 is 15.6 Å². The molecule has 0 aliphatic carbocycles. The van der Waals surface area contributed by atoms with Gasteiger partial charge in [-0.15, -0.1) is 0 Å². The predicted molar refractivity (Wildman–Crippen MR) is 81.2 cm³/mol. The van der Waals surface area contributed by atoms with Crippen LogP contribution < -0.4 is 11.1 Å². The summed E-state index contributed by atoms with van der Waals surface area (Å²) in [5, 5.41) is 2.57. The van der Waals surface area contributed by atoms with E-state index in [-0.39, 0.29) is 11.6 Å². The lowest BCUT2D eigenvalue weighted by Crippen LogP contribution is -2.17. The molecule has 6 heteroatoms. The molecule has 0 saturated heterocycles. The van der Waals surface area contributed by atoms with Crippen molar-refractivity contribution in [1.29, 1.82) is 0 Å². The van der Waals surface area contributed by atoms with Crippen LogP contribution in [0.4, 0.5) is 15.8 Å². The minimum Gasteiger partial charge on any atom is -0.397 e. The van der Waals surface area contributed by atoms with Gasteiger partial charge in [-0.05, 0) is 40.5 Å². The second kappa shape index (κ2) is 6.09. The highest BCUT2D eigenvalue weighted by Crippen LogP contribution is 2.26. The number of nitrogens with two attached hydrogens (primary N) is 1. The Labute approximate surface area is 124 Å². The maximum atomic E-state index is 13.7. The molecule has 0 aliphatic heterocycles. The predicted octanol–water partition coefficient (Wildman–Crippen LogP) is 3.63. The molecule has 1 aromatic heterocycles. The maximum absolute atomic E-state index is 13.7. The van der Waals surface area contributed by atoms with E-state index < -0.39 is 5.82 Å². The topological polar surface area (TPSA) is 60.0 Å². The molecule has 2 rings (SSSR count). The van der Waals surface area contributed by atoms with Crippen molar-refractivity contribution in [2.45, 2.75) is 19.9 Å². The summed E-state index contributed by atoms with van der Waals surface area (Å²) in [4.78, 5) is 12.3. The Morgan fingerprint density at radius 3 is 2.90 bits per heavy atom. The van der Waals surface area contributed by atoms with Crippen molar-refractivity contribution >= 4 is 33.2 Å². The molecule has 2 aromatic rings. The Morgan fingerprint density at radius 1 is 1.50 bits per heavy atom. The molecule has 106 valence electrons. The van der Waals surface area contributed by atoms with Crippen LogP contribution in [0.2, 0.25) is 0 Å². The van der Waals surface area contributed by atoms with E-state index in [0.717, 1.165) is 6.42 Å². The summed E-state index contributed by atoms with van der Waals surface area (Å²) < 4.78 is 16.0. The van der Waals surface area contributed by atoms with Gasteiger partial charge in [0.15, 0.2) is 0 Å². The van der Waals surface area contributed by atoms with Gasteiger partial charge in [-0.1, -0.05) is 13.0 Å². The largest absolute Gasteiger partial charge is 0.397 e. The van der Waals surface area contributed by atoms with Gasteiger partial charge in [-0.3, -0.25) is 4.79 Å². The van der Waals surface area contributed by atoms with Gasteiger partial charge in [0.2, 0.25) is 0 Å². The molecule has 0 bridgehead atoms. The third-order valence-electron chi connectivity index (χ3n) is 2.82. The summed E-state index contributed by atoms with van der Waals surface area (Å²) in [6.45, 7) is 2.68. The monoisotopic (exact) mass is 339 g/mol. The van der Waals surface area contributed by atoms with E-state index in [9.17, 15) is 9.18 Å². The summed E-state index contributed by atoms with van der Waals surface area (Å²) in [7, 11) is 0. The van der Waals surface area contributed by atoms with E-state index in [1.165, 1.54) is 6.07 Å². The normalized spacial score (nSPS) is 10.6. The lowest BCUT2D eigenvalue weighted by atomic mass is 10.3. The molecule has 0 radical (unpaired) electrons. The van der Waals surface area contributed by atoms with Crippen LogP contribution >= 0.6 is 15.9 Å². The first kappa shape index (κ1) is 14.6. The van der Waals surface area contributed by atoms with E-state index in [2.05, 4.69) is 21.2 Å². The van der Waals surface area contributed by atoms with Crippen molar-refractivity contribution in [3.8, 4) is 0 Å². The van der Waals surface area contributed by atoms with Crippen molar-refractivity contribution < 1.29 is 9.18 Å². The van der Waals surface area contributed by atoms with Crippen LogP contribution in [0.3, 0.4) is 0 Å². The van der Waals surface area contributed by atoms with E-state index in [4.69, 9.17) is 5.73 Å². The molecule has 20 heavy (non-hydrogen) atoms. The zero-order chi connectivity index (χ0) is 14.7. The van der Waals surface area contributed by atoms with E-state index >= 15 is 0 Å². The van der Waals surface area contributed by atoms with E-state index in [1.54, 1.807) is 29.0 Å². The second-order valence-corrected chi connectivity index (χ2v) is 5.26. The minimum atomic E-state index is -0.491. The van der Waals surface area contributed by atoms with Crippen molar-refractivity contribution in [3.05, 3.63) is 46.4 Å². The molecule has 0 aliphatic rings. The molecule has 0 unspecified atom stereocenters.